The second-order valence-corrected chi connectivity index (χ2v) is 12.1. The molecule has 46 heavy (non-hydrogen) atoms. The quantitative estimate of drug-likeness (QED) is 0.140. The van der Waals surface area contributed by atoms with Crippen LogP contribution in [-0.4, -0.2) is 26.4 Å². The number of nitrogens with zero attached hydrogens (tertiary/aromatic N) is 1. The minimum atomic E-state index is 0.590. The maximum atomic E-state index is 10.1. The highest BCUT2D eigenvalue weighted by molar-refractivity contribution is 5.57. The third-order valence-corrected chi connectivity index (χ3v) is 8.23. The second-order valence-electron chi connectivity index (χ2n) is 12.1. The number of nitriles is 1. The molecule has 4 aromatic carbocycles. The van der Waals surface area contributed by atoms with Gasteiger partial charge in [-0.1, -0.05) is 82.3 Å². The molecule has 0 saturated carbocycles. The molecular formula is C41H47NO4. The van der Waals surface area contributed by atoms with Crippen LogP contribution in [0.3, 0.4) is 0 Å². The number of rotatable bonds is 12. The summed E-state index contributed by atoms with van der Waals surface area (Å²) >= 11 is 0. The van der Waals surface area contributed by atoms with E-state index < -0.39 is 0 Å². The number of hydrogen-bond donors (Lipinski definition) is 0. The van der Waals surface area contributed by atoms with Crippen LogP contribution in [0.25, 0.3) is 0 Å². The first-order valence-corrected chi connectivity index (χ1v) is 17.0. The summed E-state index contributed by atoms with van der Waals surface area (Å²) in [4.78, 5) is 0. The Morgan fingerprint density at radius 3 is 0.978 bits per heavy atom. The zero-order valence-corrected chi connectivity index (χ0v) is 27.9. The molecule has 0 spiro atoms. The van der Waals surface area contributed by atoms with E-state index in [9.17, 15) is 5.26 Å². The molecule has 0 N–H and O–H groups in total. The van der Waals surface area contributed by atoms with Gasteiger partial charge in [0, 0.05) is 36.8 Å². The summed E-state index contributed by atoms with van der Waals surface area (Å²) in [5, 5.41) is 10.1. The third-order valence-electron chi connectivity index (χ3n) is 8.23. The molecule has 0 unspecified atom stereocenters. The van der Waals surface area contributed by atoms with Crippen LogP contribution in [0.1, 0.15) is 103 Å². The minimum Gasteiger partial charge on any atom is -0.493 e. The molecule has 5 nitrogen and oxygen atoms in total. The highest BCUT2D eigenvalue weighted by atomic mass is 16.5. The van der Waals surface area contributed by atoms with Crippen molar-refractivity contribution in [1.82, 2.24) is 0 Å². The predicted molar refractivity (Wildman–Crippen MR) is 185 cm³/mol. The van der Waals surface area contributed by atoms with E-state index in [0.29, 0.717) is 57.7 Å². The maximum Gasteiger partial charge on any atom is 0.126 e. The van der Waals surface area contributed by atoms with Gasteiger partial charge in [-0.25, -0.2) is 0 Å². The van der Waals surface area contributed by atoms with E-state index in [1.165, 1.54) is 0 Å². The summed E-state index contributed by atoms with van der Waals surface area (Å²) in [6.45, 7) is 11.0. The first-order valence-electron chi connectivity index (χ1n) is 17.0. The van der Waals surface area contributed by atoms with Crippen molar-refractivity contribution in [1.29, 1.82) is 5.26 Å². The largest absolute Gasteiger partial charge is 0.493 e. The molecule has 0 atom stereocenters. The fraction of sp³-hybridized carbons (Fsp3) is 0.390. The molecule has 5 heteroatoms. The molecule has 5 rings (SSSR count). The Labute approximate surface area is 275 Å². The maximum absolute atomic E-state index is 10.1. The van der Waals surface area contributed by atoms with Crippen LogP contribution >= 0.6 is 0 Å². The molecule has 0 amide bonds. The Bertz CT molecular complexity index is 1570. The molecule has 0 radical (unpaired) electrons. The lowest BCUT2D eigenvalue weighted by molar-refractivity contribution is 0.304. The van der Waals surface area contributed by atoms with Crippen molar-refractivity contribution in [2.24, 2.45) is 0 Å². The molecule has 0 fully saturated rings. The first kappa shape index (κ1) is 32.9. The van der Waals surface area contributed by atoms with Crippen LogP contribution in [0.15, 0.2) is 66.7 Å². The normalized spacial score (nSPS) is 12.2. The van der Waals surface area contributed by atoms with Crippen molar-refractivity contribution in [3.8, 4) is 29.1 Å². The molecule has 8 bridgehead atoms. The smallest absolute Gasteiger partial charge is 0.126 e. The van der Waals surface area contributed by atoms with Gasteiger partial charge in [0.1, 0.15) is 23.0 Å². The molecule has 1 aliphatic rings. The summed E-state index contributed by atoms with van der Waals surface area (Å²) in [5.41, 5.74) is 9.32. The van der Waals surface area contributed by atoms with E-state index in [1.807, 2.05) is 12.1 Å². The fourth-order valence-corrected chi connectivity index (χ4v) is 6.21. The average Bonchev–Trinajstić information content (AvgIpc) is 3.06. The highest BCUT2D eigenvalue weighted by Gasteiger charge is 2.22. The van der Waals surface area contributed by atoms with Gasteiger partial charge in [0.25, 0.3) is 0 Å². The zero-order chi connectivity index (χ0) is 32.3. The number of benzene rings is 4. The van der Waals surface area contributed by atoms with Gasteiger partial charge in [0.2, 0.25) is 0 Å². The molecule has 0 heterocycles. The predicted octanol–water partition coefficient (Wildman–Crippen LogP) is 9.39. The fourth-order valence-electron chi connectivity index (χ4n) is 6.21. The van der Waals surface area contributed by atoms with Crippen LogP contribution < -0.4 is 18.9 Å². The van der Waals surface area contributed by atoms with E-state index in [2.05, 4.69) is 88.4 Å². The lowest BCUT2D eigenvalue weighted by Crippen LogP contribution is -2.10. The Hall–Kier alpha value is -4.43. The van der Waals surface area contributed by atoms with Gasteiger partial charge in [0.05, 0.1) is 38.1 Å². The van der Waals surface area contributed by atoms with Gasteiger partial charge in [0.15, 0.2) is 0 Å². The summed E-state index contributed by atoms with van der Waals surface area (Å²) < 4.78 is 26.1. The van der Waals surface area contributed by atoms with Gasteiger partial charge in [-0.15, -0.1) is 0 Å². The van der Waals surface area contributed by atoms with E-state index in [4.69, 9.17) is 18.9 Å². The Morgan fingerprint density at radius 1 is 0.457 bits per heavy atom. The molecule has 0 saturated heterocycles. The van der Waals surface area contributed by atoms with Crippen LogP contribution in [0.4, 0.5) is 0 Å². The van der Waals surface area contributed by atoms with Crippen molar-refractivity contribution in [3.05, 3.63) is 117 Å². The zero-order valence-electron chi connectivity index (χ0n) is 27.9. The van der Waals surface area contributed by atoms with Gasteiger partial charge >= 0.3 is 0 Å². The van der Waals surface area contributed by atoms with E-state index >= 15 is 0 Å². The van der Waals surface area contributed by atoms with Crippen LogP contribution in [0.5, 0.6) is 23.0 Å². The molecule has 0 aromatic heterocycles. The first-order chi connectivity index (χ1) is 22.6. The Morgan fingerprint density at radius 2 is 0.717 bits per heavy atom. The topological polar surface area (TPSA) is 60.7 Å². The minimum absolute atomic E-state index is 0.590. The number of ether oxygens (including phenoxy) is 4. The molecule has 1 aliphatic carbocycles. The third kappa shape index (κ3) is 7.68. The molecule has 240 valence electrons. The Balaban J connectivity index is 1.78. The van der Waals surface area contributed by atoms with Crippen LogP contribution in [0, 0.1) is 11.3 Å². The van der Waals surface area contributed by atoms with Crippen LogP contribution in [-0.2, 0) is 25.7 Å². The second kappa shape index (κ2) is 16.2. The molecular weight excluding hydrogens is 570 g/mol. The van der Waals surface area contributed by atoms with Crippen molar-refractivity contribution < 1.29 is 18.9 Å². The van der Waals surface area contributed by atoms with Gasteiger partial charge in [-0.2, -0.15) is 5.26 Å². The number of hydrogen-bond acceptors (Lipinski definition) is 5. The SMILES string of the molecule is CCCOc1c2cccc1Cc1cccc(c1OCCC)Cc1cc(C#N)cc(c1OCCC)Cc1cccc(c1OCCC)C2. The van der Waals surface area contributed by atoms with Crippen molar-refractivity contribution in [2.45, 2.75) is 79.1 Å². The molecule has 0 aliphatic heterocycles. The summed E-state index contributed by atoms with van der Waals surface area (Å²) in [6, 6.07) is 25.7. The average molecular weight is 618 g/mol. The lowest BCUT2D eigenvalue weighted by Gasteiger charge is -2.23. The van der Waals surface area contributed by atoms with Gasteiger partial charge in [-0.05, 0) is 71.2 Å². The van der Waals surface area contributed by atoms with E-state index in [1.54, 1.807) is 0 Å². The lowest BCUT2D eigenvalue weighted by atomic mass is 9.90. The van der Waals surface area contributed by atoms with Crippen molar-refractivity contribution >= 4 is 0 Å². The van der Waals surface area contributed by atoms with Gasteiger partial charge < -0.3 is 18.9 Å². The summed E-state index contributed by atoms with van der Waals surface area (Å²) in [5.74, 6) is 3.63. The van der Waals surface area contributed by atoms with Crippen LogP contribution in [0.2, 0.25) is 0 Å². The highest BCUT2D eigenvalue weighted by Crippen LogP contribution is 2.39. The number of para-hydroxylation sites is 3. The summed E-state index contributed by atoms with van der Waals surface area (Å²) in [7, 11) is 0. The Kier molecular flexibility index (Phi) is 11.6. The molecule has 4 aromatic rings. The van der Waals surface area contributed by atoms with E-state index in [0.717, 1.165) is 93.2 Å². The number of fused-ring (bicyclic) bond motifs is 8. The monoisotopic (exact) mass is 617 g/mol. The van der Waals surface area contributed by atoms with Gasteiger partial charge in [-0.3, -0.25) is 0 Å². The van der Waals surface area contributed by atoms with Crippen molar-refractivity contribution in [3.63, 3.8) is 0 Å². The van der Waals surface area contributed by atoms with E-state index in [-0.39, 0.29) is 0 Å². The summed E-state index contributed by atoms with van der Waals surface area (Å²) in [6.07, 6.45) is 6.18. The standard InChI is InChI=1S/C41H47NO4/c1-5-18-43-38-30-12-9-13-31(38)25-33-15-11-17-35(40(33)45-20-7-3)27-37-23-29(28-42)22-36(41(37)46-21-8-4)26-34-16-10-14-32(24-30)39(34)44-19-6-2/h9-17,22-23H,5-8,18-21,24-27H2,1-4H3. The van der Waals surface area contributed by atoms with Crippen molar-refractivity contribution in [2.75, 3.05) is 26.4 Å².